The summed E-state index contributed by atoms with van der Waals surface area (Å²) < 4.78 is 8.93. The van der Waals surface area contributed by atoms with Gasteiger partial charge >= 0.3 is 0 Å². The summed E-state index contributed by atoms with van der Waals surface area (Å²) in [5.74, 6) is 0.666. The first kappa shape index (κ1) is 9.61. The summed E-state index contributed by atoms with van der Waals surface area (Å²) in [5.41, 5.74) is 0. The van der Waals surface area contributed by atoms with E-state index in [0.717, 1.165) is 19.4 Å². The Labute approximate surface area is 86.4 Å². The molecule has 1 fully saturated rings. The molecule has 1 N–H and O–H groups in total. The molecule has 0 spiro atoms. The zero-order valence-electron chi connectivity index (χ0n) is 7.95. The Bertz CT molecular complexity index is 331. The summed E-state index contributed by atoms with van der Waals surface area (Å²) >= 11 is 1.20. The Morgan fingerprint density at radius 2 is 2.64 bits per heavy atom. The topological polar surface area (TPSA) is 51.2 Å². The first-order chi connectivity index (χ1) is 6.81. The quantitative estimate of drug-likeness (QED) is 0.762. The van der Waals surface area contributed by atoms with E-state index in [9.17, 15) is 4.79 Å². The Morgan fingerprint density at radius 3 is 3.21 bits per heavy atom. The fourth-order valence-electron chi connectivity index (χ4n) is 1.55. The van der Waals surface area contributed by atoms with Gasteiger partial charge in [-0.3, -0.25) is 4.79 Å². The van der Waals surface area contributed by atoms with Crippen molar-refractivity contribution in [2.45, 2.75) is 18.9 Å². The standard InChI is InChI=1S/C9H12N2O2S/c1-13-8-5-7(14-11-8)9(12)6-3-2-4-10-6/h5-6,10H,2-4H2,1H3. The van der Waals surface area contributed by atoms with Crippen LogP contribution in [0.3, 0.4) is 0 Å². The van der Waals surface area contributed by atoms with Crippen LogP contribution in [0.1, 0.15) is 22.5 Å². The van der Waals surface area contributed by atoms with E-state index in [0.29, 0.717) is 10.8 Å². The maximum absolute atomic E-state index is 11.8. The number of aromatic nitrogens is 1. The summed E-state index contributed by atoms with van der Waals surface area (Å²) in [6.07, 6.45) is 2.01. The molecule has 1 aliphatic heterocycles. The smallest absolute Gasteiger partial charge is 0.225 e. The molecular weight excluding hydrogens is 200 g/mol. The van der Waals surface area contributed by atoms with E-state index < -0.39 is 0 Å². The van der Waals surface area contributed by atoms with Crippen molar-refractivity contribution in [1.29, 1.82) is 0 Å². The molecule has 2 heterocycles. The van der Waals surface area contributed by atoms with Crippen LogP contribution < -0.4 is 10.1 Å². The number of nitrogens with zero attached hydrogens (tertiary/aromatic N) is 1. The first-order valence-corrected chi connectivity index (χ1v) is 5.37. The van der Waals surface area contributed by atoms with Gasteiger partial charge in [-0.15, -0.1) is 0 Å². The van der Waals surface area contributed by atoms with Gasteiger partial charge in [-0.1, -0.05) is 0 Å². The number of Topliss-reactive ketones (excluding diaryl/α,β-unsaturated/α-hetero) is 1. The van der Waals surface area contributed by atoms with Crippen LogP contribution in [0.2, 0.25) is 0 Å². The highest BCUT2D eigenvalue weighted by Gasteiger charge is 2.24. The number of hydrogen-bond donors (Lipinski definition) is 1. The summed E-state index contributed by atoms with van der Waals surface area (Å²) in [7, 11) is 1.55. The fraction of sp³-hybridized carbons (Fsp3) is 0.556. The van der Waals surface area contributed by atoms with Gasteiger partial charge in [-0.05, 0) is 30.9 Å². The predicted octanol–water partition coefficient (Wildman–Crippen LogP) is 1.09. The van der Waals surface area contributed by atoms with Gasteiger partial charge in [0.15, 0.2) is 5.78 Å². The van der Waals surface area contributed by atoms with E-state index in [-0.39, 0.29) is 11.8 Å². The third-order valence-electron chi connectivity index (χ3n) is 2.32. The SMILES string of the molecule is COc1cc(C(=O)C2CCCN2)sn1. The molecule has 76 valence electrons. The lowest BCUT2D eigenvalue weighted by Gasteiger charge is -2.05. The Hall–Kier alpha value is -0.940. The number of methoxy groups -OCH3 is 1. The van der Waals surface area contributed by atoms with Crippen molar-refractivity contribution in [3.8, 4) is 5.88 Å². The van der Waals surface area contributed by atoms with Gasteiger partial charge in [0, 0.05) is 6.07 Å². The van der Waals surface area contributed by atoms with Crippen LogP contribution in [0, 0.1) is 0 Å². The third-order valence-corrected chi connectivity index (χ3v) is 3.10. The minimum atomic E-state index is -0.0137. The summed E-state index contributed by atoms with van der Waals surface area (Å²) in [6.45, 7) is 0.937. The molecular formula is C9H12N2O2S. The number of carbonyl (C=O) groups excluding carboxylic acids is 1. The van der Waals surface area contributed by atoms with Crippen LogP contribution >= 0.6 is 11.5 Å². The van der Waals surface area contributed by atoms with Crippen molar-refractivity contribution in [3.63, 3.8) is 0 Å². The van der Waals surface area contributed by atoms with E-state index in [1.54, 1.807) is 13.2 Å². The maximum atomic E-state index is 11.8. The number of ketones is 1. The molecule has 1 saturated heterocycles. The normalized spacial score (nSPS) is 21.1. The Balaban J connectivity index is 2.09. The van der Waals surface area contributed by atoms with Gasteiger partial charge in [0.2, 0.25) is 5.88 Å². The lowest BCUT2D eigenvalue weighted by atomic mass is 10.1. The van der Waals surface area contributed by atoms with Crippen LogP contribution in [0.25, 0.3) is 0 Å². The zero-order valence-corrected chi connectivity index (χ0v) is 8.76. The minimum absolute atomic E-state index is 0.0137. The average Bonchev–Trinajstić information content (AvgIpc) is 2.88. The van der Waals surface area contributed by atoms with Gasteiger partial charge in [0.1, 0.15) is 0 Å². The van der Waals surface area contributed by atoms with Crippen LogP contribution in [0.5, 0.6) is 5.88 Å². The predicted molar refractivity (Wildman–Crippen MR) is 54.0 cm³/mol. The molecule has 1 aliphatic rings. The molecule has 2 rings (SSSR count). The van der Waals surface area contributed by atoms with E-state index in [1.807, 2.05) is 0 Å². The first-order valence-electron chi connectivity index (χ1n) is 4.59. The summed E-state index contributed by atoms with van der Waals surface area (Å²) in [4.78, 5) is 12.5. The largest absolute Gasteiger partial charge is 0.480 e. The summed E-state index contributed by atoms with van der Waals surface area (Å²) in [5, 5.41) is 3.17. The molecule has 14 heavy (non-hydrogen) atoms. The molecule has 1 aromatic rings. The molecule has 5 heteroatoms. The molecule has 4 nitrogen and oxygen atoms in total. The van der Waals surface area contributed by atoms with Crippen LogP contribution in [-0.4, -0.2) is 29.9 Å². The zero-order chi connectivity index (χ0) is 9.97. The van der Waals surface area contributed by atoms with Gasteiger partial charge in [0.05, 0.1) is 18.0 Å². The molecule has 0 bridgehead atoms. The molecule has 1 aromatic heterocycles. The second-order valence-electron chi connectivity index (χ2n) is 3.25. The minimum Gasteiger partial charge on any atom is -0.480 e. The summed E-state index contributed by atoms with van der Waals surface area (Å²) in [6, 6.07) is 1.69. The van der Waals surface area contributed by atoms with Crippen molar-refractivity contribution in [2.75, 3.05) is 13.7 Å². The van der Waals surface area contributed by atoms with Gasteiger partial charge in [-0.25, -0.2) is 0 Å². The molecule has 1 atom stereocenters. The second-order valence-corrected chi connectivity index (χ2v) is 4.05. The van der Waals surface area contributed by atoms with Crippen molar-refractivity contribution in [3.05, 3.63) is 10.9 Å². The fourth-order valence-corrected chi connectivity index (χ4v) is 2.25. The molecule has 0 saturated carbocycles. The Morgan fingerprint density at radius 1 is 1.79 bits per heavy atom. The van der Waals surface area contributed by atoms with Crippen molar-refractivity contribution in [1.82, 2.24) is 9.69 Å². The van der Waals surface area contributed by atoms with Gasteiger partial charge in [0.25, 0.3) is 0 Å². The van der Waals surface area contributed by atoms with E-state index in [1.165, 1.54) is 11.5 Å². The van der Waals surface area contributed by atoms with E-state index in [2.05, 4.69) is 9.69 Å². The number of ether oxygens (including phenoxy) is 1. The second kappa shape index (κ2) is 4.06. The highest BCUT2D eigenvalue weighted by molar-refractivity contribution is 7.08. The van der Waals surface area contributed by atoms with Crippen molar-refractivity contribution in [2.24, 2.45) is 0 Å². The lowest BCUT2D eigenvalue weighted by molar-refractivity contribution is 0.0956. The van der Waals surface area contributed by atoms with Gasteiger partial charge < -0.3 is 10.1 Å². The van der Waals surface area contributed by atoms with Crippen LogP contribution in [0.4, 0.5) is 0 Å². The van der Waals surface area contributed by atoms with Crippen LogP contribution in [-0.2, 0) is 0 Å². The maximum Gasteiger partial charge on any atom is 0.225 e. The van der Waals surface area contributed by atoms with E-state index in [4.69, 9.17) is 4.74 Å². The number of rotatable bonds is 3. The third kappa shape index (κ3) is 1.78. The van der Waals surface area contributed by atoms with Gasteiger partial charge in [-0.2, -0.15) is 4.37 Å². The molecule has 0 radical (unpaired) electrons. The highest BCUT2D eigenvalue weighted by Crippen LogP contribution is 2.20. The molecule has 0 amide bonds. The van der Waals surface area contributed by atoms with E-state index >= 15 is 0 Å². The average molecular weight is 212 g/mol. The highest BCUT2D eigenvalue weighted by atomic mass is 32.1. The lowest BCUT2D eigenvalue weighted by Crippen LogP contribution is -2.30. The molecule has 0 aliphatic carbocycles. The van der Waals surface area contributed by atoms with Crippen molar-refractivity contribution < 1.29 is 9.53 Å². The molecule has 0 aromatic carbocycles. The Kier molecular flexibility index (Phi) is 2.79. The number of nitrogens with one attached hydrogen (secondary N) is 1. The van der Waals surface area contributed by atoms with Crippen molar-refractivity contribution >= 4 is 17.3 Å². The monoisotopic (exact) mass is 212 g/mol. The molecule has 1 unspecified atom stereocenters. The number of carbonyl (C=O) groups is 1. The van der Waals surface area contributed by atoms with Crippen LogP contribution in [0.15, 0.2) is 6.07 Å². The number of hydrogen-bond acceptors (Lipinski definition) is 5.